The van der Waals surface area contributed by atoms with Crippen LogP contribution in [0.2, 0.25) is 0 Å². The van der Waals surface area contributed by atoms with Gasteiger partial charge in [0, 0.05) is 58.9 Å². The molecule has 164 valence electrons. The number of carbonyl (C=O) groups excluding carboxylic acids is 2. The monoisotopic (exact) mass is 424 g/mol. The molecule has 10 heteroatoms. The van der Waals surface area contributed by atoms with Gasteiger partial charge in [-0.1, -0.05) is 6.92 Å². The van der Waals surface area contributed by atoms with Crippen molar-refractivity contribution in [3.63, 3.8) is 0 Å². The number of carbonyl (C=O) groups is 2. The first-order valence-corrected chi connectivity index (χ1v) is 10.5. The summed E-state index contributed by atoms with van der Waals surface area (Å²) >= 11 is 0. The van der Waals surface area contributed by atoms with E-state index in [9.17, 15) is 9.59 Å². The Morgan fingerprint density at radius 1 is 1.35 bits per heavy atom. The molecule has 3 aromatic rings. The van der Waals surface area contributed by atoms with Crippen molar-refractivity contribution in [1.82, 2.24) is 34.5 Å². The molecule has 2 N–H and O–H groups in total. The summed E-state index contributed by atoms with van der Waals surface area (Å²) < 4.78 is 3.95. The highest BCUT2D eigenvalue weighted by molar-refractivity contribution is 5.94. The van der Waals surface area contributed by atoms with Crippen molar-refractivity contribution >= 4 is 23.4 Å². The Kier molecular flexibility index (Phi) is 5.79. The summed E-state index contributed by atoms with van der Waals surface area (Å²) in [5.74, 6) is 1.72. The van der Waals surface area contributed by atoms with E-state index in [1.54, 1.807) is 17.2 Å². The van der Waals surface area contributed by atoms with Gasteiger partial charge in [0.2, 0.25) is 0 Å². The van der Waals surface area contributed by atoms with E-state index in [0.717, 1.165) is 29.4 Å². The standard InChI is InChI=1S/C21H28N8O2/c1-4-16-20(27(3)14-18-22-7-10-26(18)2)29-13-15(5-6-17(29)25-16)19(30)23-8-11-28-12-9-24-21(28)31/h5-7,10,13H,4,8-9,11-12,14H2,1-3H3,(H,23,30)(H,24,31). The lowest BCUT2D eigenvalue weighted by Crippen LogP contribution is -2.36. The van der Waals surface area contributed by atoms with Crippen LogP contribution < -0.4 is 15.5 Å². The van der Waals surface area contributed by atoms with E-state index in [1.807, 2.05) is 41.5 Å². The van der Waals surface area contributed by atoms with Crippen molar-refractivity contribution in [2.75, 3.05) is 38.1 Å². The summed E-state index contributed by atoms with van der Waals surface area (Å²) in [6.07, 6.45) is 6.31. The summed E-state index contributed by atoms with van der Waals surface area (Å²) in [5.41, 5.74) is 2.31. The van der Waals surface area contributed by atoms with Crippen molar-refractivity contribution < 1.29 is 9.59 Å². The van der Waals surface area contributed by atoms with Crippen molar-refractivity contribution in [3.05, 3.63) is 47.8 Å². The van der Waals surface area contributed by atoms with E-state index in [1.165, 1.54) is 0 Å². The zero-order valence-corrected chi connectivity index (χ0v) is 18.1. The zero-order valence-electron chi connectivity index (χ0n) is 18.1. The van der Waals surface area contributed by atoms with Crippen LogP contribution in [0.15, 0.2) is 30.7 Å². The van der Waals surface area contributed by atoms with Crippen LogP contribution in [-0.4, -0.2) is 69.0 Å². The average Bonchev–Trinajstić information content (AvgIpc) is 3.46. The molecule has 0 saturated carbocycles. The SMILES string of the molecule is CCc1nc2ccc(C(=O)NCCN3CCNC3=O)cn2c1N(C)Cc1nccn1C. The lowest BCUT2D eigenvalue weighted by molar-refractivity contribution is 0.0950. The van der Waals surface area contributed by atoms with Gasteiger partial charge in [-0.3, -0.25) is 9.20 Å². The highest BCUT2D eigenvalue weighted by Crippen LogP contribution is 2.24. The van der Waals surface area contributed by atoms with Crippen LogP contribution in [0.5, 0.6) is 0 Å². The highest BCUT2D eigenvalue weighted by Gasteiger charge is 2.20. The smallest absolute Gasteiger partial charge is 0.317 e. The third-order valence-electron chi connectivity index (χ3n) is 5.53. The molecule has 3 aromatic heterocycles. The maximum absolute atomic E-state index is 12.7. The van der Waals surface area contributed by atoms with Crippen LogP contribution in [0.25, 0.3) is 5.65 Å². The molecule has 3 amide bonds. The molecule has 0 radical (unpaired) electrons. The van der Waals surface area contributed by atoms with Crippen LogP contribution in [0.3, 0.4) is 0 Å². The molecule has 1 fully saturated rings. The summed E-state index contributed by atoms with van der Waals surface area (Å²) in [4.78, 5) is 37.3. The van der Waals surface area contributed by atoms with Gasteiger partial charge in [0.25, 0.3) is 5.91 Å². The number of urea groups is 1. The molecule has 0 spiro atoms. The van der Waals surface area contributed by atoms with Crippen LogP contribution in [0.4, 0.5) is 10.6 Å². The van der Waals surface area contributed by atoms with Crippen LogP contribution in [0, 0.1) is 0 Å². The Morgan fingerprint density at radius 2 is 2.19 bits per heavy atom. The van der Waals surface area contributed by atoms with Gasteiger partial charge in [-0.05, 0) is 18.6 Å². The molecule has 0 atom stereocenters. The molecular formula is C21H28N8O2. The normalized spacial score (nSPS) is 13.6. The number of aryl methyl sites for hydroxylation is 2. The Morgan fingerprint density at radius 3 is 2.87 bits per heavy atom. The lowest BCUT2D eigenvalue weighted by Gasteiger charge is -2.20. The molecule has 10 nitrogen and oxygen atoms in total. The molecule has 1 aliphatic heterocycles. The predicted molar refractivity (Wildman–Crippen MR) is 117 cm³/mol. The topological polar surface area (TPSA) is 99.8 Å². The van der Waals surface area contributed by atoms with Gasteiger partial charge < -0.3 is 25.0 Å². The number of fused-ring (bicyclic) bond motifs is 1. The number of hydrogen-bond donors (Lipinski definition) is 2. The largest absolute Gasteiger partial charge is 0.352 e. The number of amides is 3. The molecule has 0 aliphatic carbocycles. The number of anilines is 1. The van der Waals surface area contributed by atoms with Crippen molar-refractivity contribution in [2.45, 2.75) is 19.9 Å². The minimum absolute atomic E-state index is 0.0819. The van der Waals surface area contributed by atoms with Crippen molar-refractivity contribution in [1.29, 1.82) is 0 Å². The van der Waals surface area contributed by atoms with Gasteiger partial charge >= 0.3 is 6.03 Å². The Hall–Kier alpha value is -3.56. The van der Waals surface area contributed by atoms with Gasteiger partial charge in [0.1, 0.15) is 17.3 Å². The number of rotatable bonds is 8. The number of pyridine rings is 1. The summed E-state index contributed by atoms with van der Waals surface area (Å²) in [6, 6.07) is 3.56. The van der Waals surface area contributed by atoms with Crippen molar-refractivity contribution in [3.8, 4) is 0 Å². The maximum Gasteiger partial charge on any atom is 0.317 e. The number of aromatic nitrogens is 4. The fourth-order valence-corrected chi connectivity index (χ4v) is 3.82. The maximum atomic E-state index is 12.7. The molecule has 31 heavy (non-hydrogen) atoms. The first kappa shape index (κ1) is 20.7. The molecule has 4 rings (SSSR count). The second-order valence-electron chi connectivity index (χ2n) is 7.67. The van der Waals surface area contributed by atoms with E-state index < -0.39 is 0 Å². The predicted octanol–water partition coefficient (Wildman–Crippen LogP) is 1.02. The third-order valence-corrected chi connectivity index (χ3v) is 5.53. The molecular weight excluding hydrogens is 396 g/mol. The molecule has 0 bridgehead atoms. The summed E-state index contributed by atoms with van der Waals surface area (Å²) in [6.45, 7) is 4.91. The first-order valence-electron chi connectivity index (χ1n) is 10.5. The Bertz CT molecular complexity index is 1100. The second kappa shape index (κ2) is 8.66. The molecule has 4 heterocycles. The second-order valence-corrected chi connectivity index (χ2v) is 7.67. The minimum Gasteiger partial charge on any atom is -0.352 e. The van der Waals surface area contributed by atoms with Gasteiger partial charge in [0.15, 0.2) is 0 Å². The molecule has 0 aromatic carbocycles. The number of nitrogens with zero attached hydrogens (tertiary/aromatic N) is 6. The van der Waals surface area contributed by atoms with E-state index in [-0.39, 0.29) is 11.9 Å². The zero-order chi connectivity index (χ0) is 22.0. The third kappa shape index (κ3) is 4.18. The number of imidazole rings is 2. The van der Waals surface area contributed by atoms with E-state index in [0.29, 0.717) is 38.3 Å². The molecule has 1 saturated heterocycles. The number of hydrogen-bond acceptors (Lipinski definition) is 5. The van der Waals surface area contributed by atoms with Crippen molar-refractivity contribution in [2.24, 2.45) is 7.05 Å². The Balaban J connectivity index is 1.53. The number of nitrogens with one attached hydrogen (secondary N) is 2. The summed E-state index contributed by atoms with van der Waals surface area (Å²) in [7, 11) is 3.98. The quantitative estimate of drug-likeness (QED) is 0.563. The minimum atomic E-state index is -0.175. The van der Waals surface area contributed by atoms with Gasteiger partial charge in [-0.15, -0.1) is 0 Å². The van der Waals surface area contributed by atoms with Crippen LogP contribution in [-0.2, 0) is 20.0 Å². The van der Waals surface area contributed by atoms with E-state index >= 15 is 0 Å². The lowest BCUT2D eigenvalue weighted by atomic mass is 10.2. The fraction of sp³-hybridized carbons (Fsp3) is 0.429. The first-order chi connectivity index (χ1) is 15.0. The summed E-state index contributed by atoms with van der Waals surface area (Å²) in [5, 5.41) is 5.66. The van der Waals surface area contributed by atoms with Gasteiger partial charge in [0.05, 0.1) is 17.8 Å². The fourth-order valence-electron chi connectivity index (χ4n) is 3.82. The van der Waals surface area contributed by atoms with E-state index in [4.69, 9.17) is 4.98 Å². The van der Waals surface area contributed by atoms with Crippen LogP contribution in [0.1, 0.15) is 28.8 Å². The molecule has 0 unspecified atom stereocenters. The van der Waals surface area contributed by atoms with Crippen LogP contribution >= 0.6 is 0 Å². The van der Waals surface area contributed by atoms with E-state index in [2.05, 4.69) is 27.4 Å². The van der Waals surface area contributed by atoms with Gasteiger partial charge in [-0.25, -0.2) is 14.8 Å². The Labute approximate surface area is 180 Å². The average molecular weight is 425 g/mol. The van der Waals surface area contributed by atoms with Gasteiger partial charge in [-0.2, -0.15) is 0 Å². The molecule has 1 aliphatic rings. The highest BCUT2D eigenvalue weighted by atomic mass is 16.2.